The van der Waals surface area contributed by atoms with Crippen LogP contribution in [0.2, 0.25) is 0 Å². The fourth-order valence-corrected chi connectivity index (χ4v) is 4.72. The minimum Gasteiger partial charge on any atom is -0.491 e. The summed E-state index contributed by atoms with van der Waals surface area (Å²) in [5.74, 6) is 0.687. The lowest BCUT2D eigenvalue weighted by molar-refractivity contribution is 0.104. The van der Waals surface area contributed by atoms with Gasteiger partial charge in [-0.25, -0.2) is 23.5 Å². The number of ether oxygens (including phenoxy) is 2. The van der Waals surface area contributed by atoms with Crippen molar-refractivity contribution in [3.8, 4) is 23.2 Å². The summed E-state index contributed by atoms with van der Waals surface area (Å²) in [6.45, 7) is 0.711. The zero-order valence-electron chi connectivity index (χ0n) is 17.5. The van der Waals surface area contributed by atoms with Gasteiger partial charge in [-0.05, 0) is 25.0 Å². The van der Waals surface area contributed by atoms with Crippen molar-refractivity contribution in [1.82, 2.24) is 9.55 Å². The maximum Gasteiger partial charge on any atom is 0.416 e. The van der Waals surface area contributed by atoms with Gasteiger partial charge in [0.2, 0.25) is 0 Å². The monoisotopic (exact) mass is 460 g/mol. The van der Waals surface area contributed by atoms with Crippen molar-refractivity contribution in [3.05, 3.63) is 23.9 Å². The molecule has 1 aromatic heterocycles. The number of carbonyl (C=O) groups excluding carboxylic acids is 1. The molecule has 5 rings (SSSR count). The third-order valence-corrected chi connectivity index (χ3v) is 6.28. The maximum absolute atomic E-state index is 13.5. The minimum atomic E-state index is -2.85. The Balaban J connectivity index is 1.58. The van der Waals surface area contributed by atoms with E-state index in [1.807, 2.05) is 23.1 Å². The van der Waals surface area contributed by atoms with Crippen LogP contribution in [0.4, 0.5) is 25.1 Å². The summed E-state index contributed by atoms with van der Waals surface area (Å²) in [6, 6.07) is 5.69. The molecule has 12 heteroatoms. The fraction of sp³-hybridized carbons (Fsp3) is 0.476. The van der Waals surface area contributed by atoms with Crippen molar-refractivity contribution in [1.29, 1.82) is 5.26 Å². The zero-order valence-corrected chi connectivity index (χ0v) is 17.5. The van der Waals surface area contributed by atoms with E-state index in [-0.39, 0.29) is 30.7 Å². The van der Waals surface area contributed by atoms with Gasteiger partial charge in [0.1, 0.15) is 43.1 Å². The number of fused-ring (bicyclic) bond motifs is 3. The van der Waals surface area contributed by atoms with E-state index in [4.69, 9.17) is 15.2 Å². The topological polar surface area (TPSA) is 130 Å². The molecule has 2 saturated heterocycles. The highest BCUT2D eigenvalue weighted by Gasteiger charge is 2.44. The predicted octanol–water partition coefficient (Wildman–Crippen LogP) is 1.65. The first-order valence-electron chi connectivity index (χ1n) is 10.6. The molecule has 0 spiro atoms. The summed E-state index contributed by atoms with van der Waals surface area (Å²) in [5.41, 5.74) is 7.10. The zero-order chi connectivity index (χ0) is 23.3. The summed E-state index contributed by atoms with van der Waals surface area (Å²) in [5, 5.41) is 19.7. The number of anilines is 2. The number of nitrogens with zero attached hydrogens (tertiary/aromatic N) is 5. The highest BCUT2D eigenvalue weighted by molar-refractivity contribution is 5.91. The fourth-order valence-electron chi connectivity index (χ4n) is 4.72. The number of hydrogen-bond acceptors (Lipinski definition) is 8. The average molecular weight is 460 g/mol. The van der Waals surface area contributed by atoms with Crippen molar-refractivity contribution in [2.24, 2.45) is 5.73 Å². The Labute approximate surface area is 187 Å². The third-order valence-electron chi connectivity index (χ3n) is 6.28. The lowest BCUT2D eigenvalue weighted by Crippen LogP contribution is -2.44. The molecule has 174 valence electrons. The number of aromatic nitrogens is 2. The molecule has 3 atom stereocenters. The Morgan fingerprint density at radius 2 is 2.09 bits per heavy atom. The molecular weight excluding hydrogens is 438 g/mol. The third kappa shape index (κ3) is 3.44. The van der Waals surface area contributed by atoms with Crippen molar-refractivity contribution in [3.63, 3.8) is 0 Å². The molecule has 3 N–H and O–H groups in total. The molecule has 1 aromatic carbocycles. The second kappa shape index (κ2) is 8.17. The maximum atomic E-state index is 13.5. The summed E-state index contributed by atoms with van der Waals surface area (Å²) < 4.78 is 39.3. The smallest absolute Gasteiger partial charge is 0.416 e. The normalized spacial score (nSPS) is 23.0. The molecule has 10 nitrogen and oxygen atoms in total. The molecule has 1 amide bonds. The SMILES string of the molecule is N#Cc1c(N2C(=O)OC[C@H]2C(F)F)nc2n1CCOc1cc(N3CCC[C@H]3C(N)O)ccc1-2. The van der Waals surface area contributed by atoms with Gasteiger partial charge in [-0.3, -0.25) is 0 Å². The van der Waals surface area contributed by atoms with Crippen molar-refractivity contribution < 1.29 is 28.2 Å². The number of aliphatic hydroxyl groups excluding tert-OH is 1. The molecule has 2 fully saturated rings. The van der Waals surface area contributed by atoms with Crippen LogP contribution < -0.4 is 20.3 Å². The Morgan fingerprint density at radius 3 is 2.82 bits per heavy atom. The van der Waals surface area contributed by atoms with E-state index < -0.39 is 31.4 Å². The van der Waals surface area contributed by atoms with E-state index >= 15 is 0 Å². The number of nitriles is 1. The number of amides is 1. The number of benzene rings is 1. The van der Waals surface area contributed by atoms with Crippen LogP contribution in [0.3, 0.4) is 0 Å². The summed E-state index contributed by atoms with van der Waals surface area (Å²) in [7, 11) is 0. The first-order valence-corrected chi connectivity index (χ1v) is 10.6. The van der Waals surface area contributed by atoms with E-state index in [9.17, 15) is 23.9 Å². The molecule has 1 unspecified atom stereocenters. The quantitative estimate of drug-likeness (QED) is 0.659. The second-order valence-electron chi connectivity index (χ2n) is 8.14. The van der Waals surface area contributed by atoms with Crippen LogP contribution >= 0.6 is 0 Å². The van der Waals surface area contributed by atoms with Crippen molar-refractivity contribution in [2.45, 2.75) is 44.1 Å². The largest absolute Gasteiger partial charge is 0.491 e. The number of imidazole rings is 1. The highest BCUT2D eigenvalue weighted by Crippen LogP contribution is 2.40. The van der Waals surface area contributed by atoms with Crippen molar-refractivity contribution in [2.75, 3.05) is 29.6 Å². The number of cyclic esters (lactones) is 1. The molecule has 0 aliphatic carbocycles. The average Bonchev–Trinajstić information content (AvgIpc) is 3.48. The van der Waals surface area contributed by atoms with Gasteiger partial charge in [0, 0.05) is 18.3 Å². The number of rotatable bonds is 4. The first kappa shape index (κ1) is 21.4. The van der Waals surface area contributed by atoms with Gasteiger partial charge in [0.05, 0.1) is 18.2 Å². The number of nitrogens with two attached hydrogens (primary N) is 1. The van der Waals surface area contributed by atoms with Crippen LogP contribution in [0.25, 0.3) is 11.4 Å². The lowest BCUT2D eigenvalue weighted by atomic mass is 10.1. The number of alkyl halides is 2. The Morgan fingerprint density at radius 1 is 1.27 bits per heavy atom. The minimum absolute atomic E-state index is 0.0131. The van der Waals surface area contributed by atoms with E-state index in [2.05, 4.69) is 4.98 Å². The van der Waals surface area contributed by atoms with Gasteiger partial charge in [-0.2, -0.15) is 5.26 Å². The van der Waals surface area contributed by atoms with Gasteiger partial charge in [-0.1, -0.05) is 0 Å². The molecule has 0 saturated carbocycles. The number of hydrogen-bond donors (Lipinski definition) is 2. The molecule has 2 aromatic rings. The molecule has 3 aliphatic heterocycles. The Hall–Kier alpha value is -3.43. The van der Waals surface area contributed by atoms with Gasteiger partial charge in [-0.15, -0.1) is 0 Å². The van der Waals surface area contributed by atoms with Crippen molar-refractivity contribution >= 4 is 17.6 Å². The van der Waals surface area contributed by atoms with E-state index in [0.29, 0.717) is 17.1 Å². The van der Waals surface area contributed by atoms with Gasteiger partial charge < -0.3 is 29.8 Å². The van der Waals surface area contributed by atoms with Gasteiger partial charge in [0.25, 0.3) is 6.43 Å². The molecular formula is C21H22F2N6O4. The summed E-state index contributed by atoms with van der Waals surface area (Å²) in [4.78, 5) is 19.4. The van der Waals surface area contributed by atoms with Gasteiger partial charge in [0.15, 0.2) is 11.5 Å². The first-order chi connectivity index (χ1) is 15.9. The van der Waals surface area contributed by atoms with E-state index in [1.165, 1.54) is 0 Å². The molecule has 33 heavy (non-hydrogen) atoms. The summed E-state index contributed by atoms with van der Waals surface area (Å²) >= 11 is 0. The van der Waals surface area contributed by atoms with Crippen LogP contribution in [0, 0.1) is 11.3 Å². The standard InChI is InChI=1S/C21H22F2N6O4/c22-17(23)15-10-33-21(31)29(15)20-14(9-24)28-6-7-32-16-8-11(3-4-12(16)19(28)26-20)27-5-1-2-13(27)18(25)30/h3-4,8,13,15,17-18,30H,1-2,5-7,10,25H2/t13-,15-,18?/m0/s1. The lowest BCUT2D eigenvalue weighted by Gasteiger charge is -2.29. The Kier molecular flexibility index (Phi) is 5.30. The van der Waals surface area contributed by atoms with Crippen LogP contribution in [0.5, 0.6) is 5.75 Å². The van der Waals surface area contributed by atoms with Crippen LogP contribution in [0.15, 0.2) is 18.2 Å². The molecule has 0 bridgehead atoms. The summed E-state index contributed by atoms with van der Waals surface area (Å²) in [6.07, 6.45) is -3.12. The van der Waals surface area contributed by atoms with E-state index in [1.54, 1.807) is 10.6 Å². The molecule has 0 radical (unpaired) electrons. The van der Waals surface area contributed by atoms with Crippen LogP contribution in [0.1, 0.15) is 18.5 Å². The Bertz CT molecular complexity index is 1130. The van der Waals surface area contributed by atoms with Crippen LogP contribution in [-0.2, 0) is 11.3 Å². The number of carbonyl (C=O) groups is 1. The highest BCUT2D eigenvalue weighted by atomic mass is 19.3. The number of halogens is 2. The van der Waals surface area contributed by atoms with Gasteiger partial charge >= 0.3 is 6.09 Å². The molecule has 3 aliphatic rings. The number of aliphatic hydroxyl groups is 1. The van der Waals surface area contributed by atoms with Crippen LogP contribution in [-0.4, -0.2) is 65.2 Å². The van der Waals surface area contributed by atoms with E-state index in [0.717, 1.165) is 30.0 Å². The second-order valence-corrected chi connectivity index (χ2v) is 8.14. The molecule has 4 heterocycles. The predicted molar refractivity (Wildman–Crippen MR) is 112 cm³/mol.